The number of carbonyl (C=O) groups excluding carboxylic acids is 1. The summed E-state index contributed by atoms with van der Waals surface area (Å²) >= 11 is 0. The average Bonchev–Trinajstić information content (AvgIpc) is 3.40. The molecule has 0 radical (unpaired) electrons. The van der Waals surface area contributed by atoms with E-state index in [-0.39, 0.29) is 40.3 Å². The molecule has 1 saturated heterocycles. The molecule has 14 nitrogen and oxygen atoms in total. The third-order valence-electron chi connectivity index (χ3n) is 6.56. The number of nitriles is 1. The number of ether oxygens (including phenoxy) is 5. The predicted octanol–water partition coefficient (Wildman–Crippen LogP) is 3.05. The number of H-pyrrole nitrogens is 1. The minimum Gasteiger partial charge on any atom is -0.493 e. The van der Waals surface area contributed by atoms with E-state index in [1.54, 1.807) is 24.3 Å². The number of nitro benzene ring substituents is 1. The summed E-state index contributed by atoms with van der Waals surface area (Å²) in [5, 5.41) is 28.5. The summed E-state index contributed by atoms with van der Waals surface area (Å²) < 4.78 is 27.7. The number of aromatic nitrogens is 2. The van der Waals surface area contributed by atoms with Gasteiger partial charge in [0.25, 0.3) is 5.69 Å². The van der Waals surface area contributed by atoms with Gasteiger partial charge in [-0.05, 0) is 17.7 Å². The number of aromatic amines is 1. The number of allylic oxidation sites excluding steroid dienone is 1. The Labute approximate surface area is 227 Å². The number of fused-ring (bicyclic) bond motifs is 1. The molecular weight excluding hydrogens is 524 g/mol. The number of amides is 1. The topological polar surface area (TPSA) is 188 Å². The number of hydrogen-bond donors (Lipinski definition) is 2. The Morgan fingerprint density at radius 2 is 1.93 bits per heavy atom. The smallest absolute Gasteiger partial charge is 0.415 e. The van der Waals surface area contributed by atoms with Gasteiger partial charge in [0, 0.05) is 30.8 Å². The summed E-state index contributed by atoms with van der Waals surface area (Å²) in [5.41, 5.74) is 7.80. The van der Waals surface area contributed by atoms with Gasteiger partial charge in [0.05, 0.1) is 49.5 Å². The first-order valence-corrected chi connectivity index (χ1v) is 12.1. The molecule has 2 aromatic carbocycles. The van der Waals surface area contributed by atoms with Crippen molar-refractivity contribution in [1.29, 1.82) is 5.26 Å². The molecule has 1 atom stereocenters. The summed E-state index contributed by atoms with van der Waals surface area (Å²) in [6, 6.07) is 11.3. The van der Waals surface area contributed by atoms with Crippen LogP contribution in [0.3, 0.4) is 0 Å². The highest BCUT2D eigenvalue weighted by atomic mass is 16.6. The number of hydrogen-bond acceptors (Lipinski definition) is 11. The molecule has 1 fully saturated rings. The quantitative estimate of drug-likeness (QED) is 0.340. The van der Waals surface area contributed by atoms with Crippen LogP contribution in [-0.4, -0.2) is 66.6 Å². The molecule has 40 heavy (non-hydrogen) atoms. The number of rotatable bonds is 6. The minimum atomic E-state index is -0.839. The summed E-state index contributed by atoms with van der Waals surface area (Å²) in [6.07, 6.45) is -0.592. The van der Waals surface area contributed by atoms with Gasteiger partial charge < -0.3 is 34.3 Å². The van der Waals surface area contributed by atoms with Crippen molar-refractivity contribution in [3.63, 3.8) is 0 Å². The Morgan fingerprint density at radius 1 is 1.23 bits per heavy atom. The van der Waals surface area contributed by atoms with E-state index in [1.807, 2.05) is 0 Å². The second-order valence-corrected chi connectivity index (χ2v) is 8.77. The monoisotopic (exact) mass is 548 g/mol. The van der Waals surface area contributed by atoms with Crippen LogP contribution in [0.25, 0.3) is 11.3 Å². The molecule has 3 aromatic rings. The summed E-state index contributed by atoms with van der Waals surface area (Å²) in [6.45, 7) is 1.55. The standard InChI is InChI=1S/C26H24N6O8/c1-36-18-11-15(12-19(37-2)23(18)39-26(33)31-6-8-38-9-7-31)20-17(13-27)24(28)40-25-21(20)22(29-30-25)14-4-3-5-16(10-14)32(34)35/h3-5,10-12,20H,6-9,28H2,1-2H3,(H,29,30)/t20-/m1/s1. The summed E-state index contributed by atoms with van der Waals surface area (Å²) in [4.78, 5) is 25.2. The SMILES string of the molecule is COc1cc([C@@H]2C(C#N)=C(N)Oc3n[nH]c(-c4cccc([N+](=O)[O-])c4)c32)cc(OC)c1OC(=O)N1CCOCC1. The number of nitrogens with one attached hydrogen (secondary N) is 1. The predicted molar refractivity (Wildman–Crippen MR) is 138 cm³/mol. The maximum atomic E-state index is 12.8. The highest BCUT2D eigenvalue weighted by Gasteiger charge is 2.37. The lowest BCUT2D eigenvalue weighted by molar-refractivity contribution is -0.384. The number of nitrogens with zero attached hydrogens (tertiary/aromatic N) is 4. The van der Waals surface area contributed by atoms with Gasteiger partial charge in [0.15, 0.2) is 11.5 Å². The van der Waals surface area contributed by atoms with E-state index in [0.29, 0.717) is 48.7 Å². The van der Waals surface area contributed by atoms with Crippen LogP contribution in [-0.2, 0) is 4.74 Å². The maximum absolute atomic E-state index is 12.8. The van der Waals surface area contributed by atoms with E-state index in [2.05, 4.69) is 16.3 Å². The maximum Gasteiger partial charge on any atom is 0.415 e. The molecule has 2 aliphatic rings. The molecule has 0 spiro atoms. The van der Waals surface area contributed by atoms with Gasteiger partial charge in [0.1, 0.15) is 11.6 Å². The third kappa shape index (κ3) is 4.69. The second-order valence-electron chi connectivity index (χ2n) is 8.77. The van der Waals surface area contributed by atoms with E-state index in [9.17, 15) is 20.2 Å². The van der Waals surface area contributed by atoms with Crippen LogP contribution in [0.15, 0.2) is 47.9 Å². The number of non-ortho nitro benzene ring substituents is 1. The molecule has 3 N–H and O–H groups in total. The zero-order chi connectivity index (χ0) is 28.4. The van der Waals surface area contributed by atoms with E-state index in [1.165, 1.54) is 31.3 Å². The van der Waals surface area contributed by atoms with Gasteiger partial charge in [-0.3, -0.25) is 15.2 Å². The molecule has 3 heterocycles. The van der Waals surface area contributed by atoms with Crippen LogP contribution in [0, 0.1) is 21.4 Å². The molecule has 0 saturated carbocycles. The van der Waals surface area contributed by atoms with E-state index >= 15 is 0 Å². The van der Waals surface area contributed by atoms with Crippen molar-refractivity contribution in [2.75, 3.05) is 40.5 Å². The van der Waals surface area contributed by atoms with E-state index in [4.69, 9.17) is 29.4 Å². The molecule has 14 heteroatoms. The largest absolute Gasteiger partial charge is 0.493 e. The van der Waals surface area contributed by atoms with Crippen molar-refractivity contribution in [2.45, 2.75) is 5.92 Å². The number of nitro groups is 1. The lowest BCUT2D eigenvalue weighted by Gasteiger charge is -2.27. The van der Waals surface area contributed by atoms with Crippen LogP contribution in [0.5, 0.6) is 23.1 Å². The number of carbonyl (C=O) groups is 1. The van der Waals surface area contributed by atoms with E-state index in [0.717, 1.165) is 0 Å². The first-order valence-electron chi connectivity index (χ1n) is 12.1. The molecule has 0 unspecified atom stereocenters. The van der Waals surface area contributed by atoms with Crippen LogP contribution >= 0.6 is 0 Å². The number of benzene rings is 2. The average molecular weight is 549 g/mol. The summed E-state index contributed by atoms with van der Waals surface area (Å²) in [7, 11) is 2.81. The van der Waals surface area contributed by atoms with Gasteiger partial charge in [-0.25, -0.2) is 4.79 Å². The molecule has 5 rings (SSSR count). The highest BCUT2D eigenvalue weighted by Crippen LogP contribution is 2.49. The first-order chi connectivity index (χ1) is 19.4. The van der Waals surface area contributed by atoms with Crippen LogP contribution in [0.4, 0.5) is 10.5 Å². The van der Waals surface area contributed by atoms with Gasteiger partial charge in [0.2, 0.25) is 17.5 Å². The number of methoxy groups -OCH3 is 2. The normalized spacial score (nSPS) is 16.4. The third-order valence-corrected chi connectivity index (χ3v) is 6.56. The lowest BCUT2D eigenvalue weighted by atomic mass is 9.82. The fraction of sp³-hybridized carbons (Fsp3) is 0.269. The van der Waals surface area contributed by atoms with Crippen molar-refractivity contribution in [3.8, 4) is 40.5 Å². The molecule has 1 aromatic heterocycles. The molecular formula is C26H24N6O8. The van der Waals surface area contributed by atoms with Crippen molar-refractivity contribution < 1.29 is 33.4 Å². The first kappa shape index (κ1) is 26.3. The van der Waals surface area contributed by atoms with Crippen molar-refractivity contribution in [1.82, 2.24) is 15.1 Å². The highest BCUT2D eigenvalue weighted by molar-refractivity contribution is 5.75. The number of nitrogens with two attached hydrogens (primary N) is 1. The van der Waals surface area contributed by atoms with Crippen LogP contribution < -0.4 is 24.7 Å². The molecule has 1 amide bonds. The van der Waals surface area contributed by atoms with Gasteiger partial charge in [-0.15, -0.1) is 5.10 Å². The van der Waals surface area contributed by atoms with Crippen LogP contribution in [0.2, 0.25) is 0 Å². The van der Waals surface area contributed by atoms with Crippen molar-refractivity contribution >= 4 is 11.8 Å². The zero-order valence-electron chi connectivity index (χ0n) is 21.5. The molecule has 206 valence electrons. The van der Waals surface area contributed by atoms with Crippen molar-refractivity contribution in [2.24, 2.45) is 5.73 Å². The van der Waals surface area contributed by atoms with Crippen LogP contribution in [0.1, 0.15) is 17.0 Å². The minimum absolute atomic E-state index is 0.0547. The van der Waals surface area contributed by atoms with E-state index < -0.39 is 16.9 Å². The molecule has 2 aliphatic heterocycles. The Morgan fingerprint density at radius 3 is 2.55 bits per heavy atom. The van der Waals surface area contributed by atoms with Gasteiger partial charge in [-0.2, -0.15) is 5.26 Å². The zero-order valence-corrected chi connectivity index (χ0v) is 21.5. The Hall–Kier alpha value is -5.29. The second kappa shape index (κ2) is 10.8. The Bertz CT molecular complexity index is 1530. The Kier molecular flexibility index (Phi) is 7.13. The molecule has 0 aliphatic carbocycles. The van der Waals surface area contributed by atoms with Gasteiger partial charge >= 0.3 is 6.09 Å². The lowest BCUT2D eigenvalue weighted by Crippen LogP contribution is -2.42. The van der Waals surface area contributed by atoms with Crippen molar-refractivity contribution in [3.05, 3.63) is 69.1 Å². The Balaban J connectivity index is 1.62. The number of morpholine rings is 1. The fourth-order valence-corrected chi connectivity index (χ4v) is 4.64. The molecule has 0 bridgehead atoms. The fourth-order valence-electron chi connectivity index (χ4n) is 4.64. The van der Waals surface area contributed by atoms with Gasteiger partial charge in [-0.1, -0.05) is 12.1 Å². The summed E-state index contributed by atoms with van der Waals surface area (Å²) in [5.74, 6) is -0.505.